The average Bonchev–Trinajstić information content (AvgIpc) is 2.55. The molecule has 2 amide bonds. The molecule has 0 atom stereocenters. The van der Waals surface area contributed by atoms with Gasteiger partial charge in [0.1, 0.15) is 0 Å². The molecule has 0 bridgehead atoms. The van der Waals surface area contributed by atoms with Crippen molar-refractivity contribution in [1.82, 2.24) is 9.80 Å². The van der Waals surface area contributed by atoms with E-state index in [1.165, 1.54) is 9.80 Å². The molecule has 0 rings (SSSR count). The number of hydrogen-bond acceptors (Lipinski definition) is 2. The Hall–Kier alpha value is -0.837. The third-order valence-electron chi connectivity index (χ3n) is 3.67. The molecule has 0 aromatic heterocycles. The Morgan fingerprint density at radius 1 is 0.600 bits per heavy atom. The normalized spacial score (nSPS) is 9.44. The van der Waals surface area contributed by atoms with Gasteiger partial charge in [0.05, 0.1) is 0 Å². The second kappa shape index (κ2) is 21.2. The molecule has 0 aliphatic heterocycles. The molecule has 0 aliphatic rings. The molecular weight excluding hydrogens is 374 g/mol. The predicted molar refractivity (Wildman–Crippen MR) is 98.8 cm³/mol. The number of rotatable bonds is 12. The Morgan fingerprint density at radius 2 is 0.800 bits per heavy atom. The Kier molecular flexibility index (Phi) is 24.6. The van der Waals surface area contributed by atoms with Crippen molar-refractivity contribution in [3.05, 3.63) is 0 Å². The van der Waals surface area contributed by atoms with Crippen molar-refractivity contribution in [1.29, 1.82) is 0 Å². The monoisotopic (exact) mass is 410 g/mol. The molecule has 0 spiro atoms. The molecule has 6 nitrogen and oxygen atoms in total. The summed E-state index contributed by atoms with van der Waals surface area (Å²) in [6, 6.07) is 0. The Bertz CT molecular complexity index is 271. The minimum absolute atomic E-state index is 0. The van der Waals surface area contributed by atoms with E-state index < -0.39 is 12.2 Å². The van der Waals surface area contributed by atoms with E-state index in [1.807, 2.05) is 0 Å². The van der Waals surface area contributed by atoms with E-state index in [4.69, 9.17) is 10.2 Å². The van der Waals surface area contributed by atoms with Crippen molar-refractivity contribution < 1.29 is 39.3 Å². The number of amides is 2. The van der Waals surface area contributed by atoms with Crippen LogP contribution in [-0.4, -0.2) is 58.4 Å². The van der Waals surface area contributed by atoms with Gasteiger partial charge < -0.3 is 20.0 Å². The summed E-state index contributed by atoms with van der Waals surface area (Å²) < 4.78 is 0. The van der Waals surface area contributed by atoms with E-state index in [-0.39, 0.29) is 19.5 Å². The third kappa shape index (κ3) is 19.3. The summed E-state index contributed by atoms with van der Waals surface area (Å²) in [7, 11) is 0. The van der Waals surface area contributed by atoms with E-state index in [0.29, 0.717) is 26.2 Å². The van der Waals surface area contributed by atoms with Crippen molar-refractivity contribution in [3.8, 4) is 0 Å². The number of unbranched alkanes of at least 4 members (excludes halogenated alkanes) is 4. The minimum atomic E-state index is -0.781. The van der Waals surface area contributed by atoms with Crippen LogP contribution in [0.1, 0.15) is 79.1 Å². The zero-order chi connectivity index (χ0) is 18.8. The van der Waals surface area contributed by atoms with Crippen LogP contribution in [0, 0.1) is 0 Å². The van der Waals surface area contributed by atoms with Gasteiger partial charge in [0, 0.05) is 45.7 Å². The SMILES string of the molecule is CCCCN(CCCC)C(=O)O.CCCCN(CCCC)C(=O)O.[Zn]. The fraction of sp³-hybridized carbons (Fsp3) is 0.889. The summed E-state index contributed by atoms with van der Waals surface area (Å²) in [5.74, 6) is 0. The fourth-order valence-corrected chi connectivity index (χ4v) is 2.00. The maximum Gasteiger partial charge on any atom is 0.407 e. The van der Waals surface area contributed by atoms with E-state index in [1.54, 1.807) is 0 Å². The first-order chi connectivity index (χ1) is 11.4. The van der Waals surface area contributed by atoms with Crippen LogP contribution in [0.25, 0.3) is 0 Å². The average molecular weight is 412 g/mol. The van der Waals surface area contributed by atoms with Crippen molar-refractivity contribution >= 4 is 12.2 Å². The molecule has 0 aromatic carbocycles. The molecule has 0 unspecified atom stereocenters. The molecule has 0 heterocycles. The summed E-state index contributed by atoms with van der Waals surface area (Å²) in [6.07, 6.45) is 6.52. The predicted octanol–water partition coefficient (Wildman–Crippen LogP) is 5.13. The Morgan fingerprint density at radius 3 is 0.920 bits per heavy atom. The van der Waals surface area contributed by atoms with Crippen molar-refractivity contribution in [3.63, 3.8) is 0 Å². The van der Waals surface area contributed by atoms with Crippen LogP contribution in [0.15, 0.2) is 0 Å². The molecule has 146 valence electrons. The summed E-state index contributed by atoms with van der Waals surface area (Å²) in [5, 5.41) is 17.5. The van der Waals surface area contributed by atoms with Gasteiger partial charge in [-0.05, 0) is 25.7 Å². The molecule has 0 fully saturated rings. The number of carboxylic acid groups (broad SMARTS) is 2. The zero-order valence-electron chi connectivity index (χ0n) is 16.8. The maximum absolute atomic E-state index is 10.6. The van der Waals surface area contributed by atoms with Crippen molar-refractivity contribution in [2.45, 2.75) is 79.1 Å². The van der Waals surface area contributed by atoms with Crippen LogP contribution < -0.4 is 0 Å². The van der Waals surface area contributed by atoms with Gasteiger partial charge >= 0.3 is 12.2 Å². The van der Waals surface area contributed by atoms with E-state index in [9.17, 15) is 9.59 Å². The van der Waals surface area contributed by atoms with Crippen molar-refractivity contribution in [2.75, 3.05) is 26.2 Å². The van der Waals surface area contributed by atoms with E-state index in [0.717, 1.165) is 51.4 Å². The van der Waals surface area contributed by atoms with Crippen molar-refractivity contribution in [2.24, 2.45) is 0 Å². The van der Waals surface area contributed by atoms with E-state index >= 15 is 0 Å². The molecule has 0 aromatic rings. The largest absolute Gasteiger partial charge is 0.465 e. The van der Waals surface area contributed by atoms with Gasteiger partial charge in [-0.3, -0.25) is 0 Å². The van der Waals surface area contributed by atoms with Crippen LogP contribution in [0.4, 0.5) is 9.59 Å². The summed E-state index contributed by atoms with van der Waals surface area (Å²) in [5.41, 5.74) is 0. The number of hydrogen-bond donors (Lipinski definition) is 2. The zero-order valence-corrected chi connectivity index (χ0v) is 19.8. The third-order valence-corrected chi connectivity index (χ3v) is 3.67. The van der Waals surface area contributed by atoms with Gasteiger partial charge in [-0.15, -0.1) is 0 Å². The molecule has 0 saturated heterocycles. The first-order valence-electron chi connectivity index (χ1n) is 9.40. The van der Waals surface area contributed by atoms with Gasteiger partial charge in [-0.25, -0.2) is 9.59 Å². The van der Waals surface area contributed by atoms with Gasteiger partial charge in [0.25, 0.3) is 0 Å². The summed E-state index contributed by atoms with van der Waals surface area (Å²) >= 11 is 0. The molecule has 0 radical (unpaired) electrons. The first-order valence-corrected chi connectivity index (χ1v) is 9.40. The van der Waals surface area contributed by atoms with Gasteiger partial charge in [0.15, 0.2) is 0 Å². The number of carbonyl (C=O) groups is 2. The number of nitrogens with zero attached hydrogens (tertiary/aromatic N) is 2. The van der Waals surface area contributed by atoms with E-state index in [2.05, 4.69) is 27.7 Å². The maximum atomic E-state index is 10.6. The molecule has 0 aliphatic carbocycles. The quantitative estimate of drug-likeness (QED) is 0.436. The van der Waals surface area contributed by atoms with Gasteiger partial charge in [-0.1, -0.05) is 53.4 Å². The second-order valence-corrected chi connectivity index (χ2v) is 5.95. The smallest absolute Gasteiger partial charge is 0.407 e. The Labute approximate surface area is 166 Å². The molecular formula is C18H38N2O4Zn. The summed E-state index contributed by atoms with van der Waals surface area (Å²) in [6.45, 7) is 11.0. The minimum Gasteiger partial charge on any atom is -0.465 e. The molecule has 7 heteroatoms. The van der Waals surface area contributed by atoms with Gasteiger partial charge in [-0.2, -0.15) is 0 Å². The molecule has 25 heavy (non-hydrogen) atoms. The van der Waals surface area contributed by atoms with Crippen LogP contribution in [0.5, 0.6) is 0 Å². The molecule has 2 N–H and O–H groups in total. The van der Waals surface area contributed by atoms with Crippen LogP contribution in [-0.2, 0) is 19.5 Å². The standard InChI is InChI=1S/2C9H19NO2.Zn/c2*1-3-5-7-10(9(11)12)8-6-4-2;/h2*3-8H2,1-2H3,(H,11,12);. The van der Waals surface area contributed by atoms with Crippen LogP contribution in [0.2, 0.25) is 0 Å². The van der Waals surface area contributed by atoms with Crippen LogP contribution >= 0.6 is 0 Å². The fourth-order valence-electron chi connectivity index (χ4n) is 2.00. The van der Waals surface area contributed by atoms with Crippen LogP contribution in [0.3, 0.4) is 0 Å². The topological polar surface area (TPSA) is 81.1 Å². The Balaban J connectivity index is -0.000000372. The second-order valence-electron chi connectivity index (χ2n) is 5.95. The molecule has 0 saturated carbocycles. The van der Waals surface area contributed by atoms with Gasteiger partial charge in [0.2, 0.25) is 0 Å². The first kappa shape index (κ1) is 28.9. The summed E-state index contributed by atoms with van der Waals surface area (Å²) in [4.78, 5) is 24.3.